The molecular weight excluding hydrogens is 266 g/mol. The summed E-state index contributed by atoms with van der Waals surface area (Å²) in [5.74, 6) is 0.699. The Morgan fingerprint density at radius 2 is 2.11 bits per heavy atom. The van der Waals surface area contributed by atoms with Gasteiger partial charge in [0, 0.05) is 11.6 Å². The van der Waals surface area contributed by atoms with Crippen LogP contribution in [0.3, 0.4) is 0 Å². The highest BCUT2D eigenvalue weighted by molar-refractivity contribution is 6.31. The second-order valence-corrected chi connectivity index (χ2v) is 5.12. The van der Waals surface area contributed by atoms with Crippen LogP contribution < -0.4 is 10.1 Å². The monoisotopic (exact) mass is 287 g/mol. The van der Waals surface area contributed by atoms with E-state index in [0.29, 0.717) is 30.3 Å². The van der Waals surface area contributed by atoms with E-state index in [1.165, 1.54) is 0 Å². The molecule has 0 aliphatic rings. The molecular formula is C14H22ClNO3. The minimum absolute atomic E-state index is 0.225. The number of aryl methyl sites for hydroxylation is 1. The van der Waals surface area contributed by atoms with E-state index in [9.17, 15) is 5.11 Å². The van der Waals surface area contributed by atoms with Gasteiger partial charge in [-0.3, -0.25) is 0 Å². The highest BCUT2D eigenvalue weighted by Gasteiger charge is 2.06. The fourth-order valence-electron chi connectivity index (χ4n) is 1.54. The van der Waals surface area contributed by atoms with Gasteiger partial charge in [-0.2, -0.15) is 0 Å². The average molecular weight is 288 g/mol. The Morgan fingerprint density at radius 3 is 2.74 bits per heavy atom. The van der Waals surface area contributed by atoms with E-state index in [4.69, 9.17) is 21.4 Å². The summed E-state index contributed by atoms with van der Waals surface area (Å²) in [5.41, 5.74) is 0.948. The number of ether oxygens (including phenoxy) is 1. The van der Waals surface area contributed by atoms with Gasteiger partial charge in [0.05, 0.1) is 6.10 Å². The Kier molecular flexibility index (Phi) is 7.16. The van der Waals surface area contributed by atoms with Crippen LogP contribution in [0.2, 0.25) is 5.02 Å². The summed E-state index contributed by atoms with van der Waals surface area (Å²) < 4.78 is 5.48. The molecule has 0 bridgehead atoms. The molecule has 3 N–H and O–H groups in total. The Balaban J connectivity index is 2.22. The zero-order valence-corrected chi connectivity index (χ0v) is 12.2. The maximum atomic E-state index is 9.72. The van der Waals surface area contributed by atoms with Crippen LogP contribution in [-0.4, -0.2) is 42.1 Å². The molecule has 2 unspecified atom stereocenters. The Morgan fingerprint density at radius 1 is 1.37 bits per heavy atom. The molecule has 0 heterocycles. The molecule has 4 nitrogen and oxygen atoms in total. The van der Waals surface area contributed by atoms with Gasteiger partial charge >= 0.3 is 0 Å². The number of halogens is 1. The van der Waals surface area contributed by atoms with Crippen LogP contribution in [0.5, 0.6) is 5.75 Å². The zero-order valence-electron chi connectivity index (χ0n) is 11.4. The number of aliphatic hydroxyl groups excluding tert-OH is 2. The molecule has 0 aliphatic heterocycles. The minimum Gasteiger partial charge on any atom is -0.491 e. The first-order chi connectivity index (χ1) is 8.99. The predicted molar refractivity (Wildman–Crippen MR) is 76.9 cm³/mol. The van der Waals surface area contributed by atoms with Gasteiger partial charge in [-0.25, -0.2) is 0 Å². The van der Waals surface area contributed by atoms with E-state index in [2.05, 4.69) is 5.32 Å². The number of benzene rings is 1. The van der Waals surface area contributed by atoms with Crippen LogP contribution >= 0.6 is 11.6 Å². The van der Waals surface area contributed by atoms with Gasteiger partial charge in [0.1, 0.15) is 18.5 Å². The number of nitrogens with one attached hydrogen (secondary N) is 1. The van der Waals surface area contributed by atoms with Gasteiger partial charge in [0.2, 0.25) is 0 Å². The number of hydrogen-bond donors (Lipinski definition) is 3. The molecule has 0 amide bonds. The minimum atomic E-state index is -0.579. The molecule has 0 fully saturated rings. The quantitative estimate of drug-likeness (QED) is 0.638. The first-order valence-corrected chi connectivity index (χ1v) is 6.82. The molecule has 0 aliphatic carbocycles. The highest BCUT2D eigenvalue weighted by atomic mass is 35.5. The number of hydrogen-bond acceptors (Lipinski definition) is 4. The molecule has 5 heteroatoms. The van der Waals surface area contributed by atoms with Crippen LogP contribution in [0.15, 0.2) is 18.2 Å². The van der Waals surface area contributed by atoms with Gasteiger partial charge in [-0.15, -0.1) is 0 Å². The second kappa shape index (κ2) is 8.38. The Bertz CT molecular complexity index is 385. The van der Waals surface area contributed by atoms with E-state index in [-0.39, 0.29) is 12.7 Å². The van der Waals surface area contributed by atoms with Crippen LogP contribution in [-0.2, 0) is 0 Å². The normalized spacial score (nSPS) is 14.2. The smallest absolute Gasteiger partial charge is 0.119 e. The van der Waals surface area contributed by atoms with Crippen molar-refractivity contribution in [3.8, 4) is 5.75 Å². The van der Waals surface area contributed by atoms with Crippen LogP contribution in [0.4, 0.5) is 0 Å². The molecule has 0 spiro atoms. The van der Waals surface area contributed by atoms with Crippen molar-refractivity contribution in [2.24, 2.45) is 0 Å². The lowest BCUT2D eigenvalue weighted by molar-refractivity contribution is 0.104. The lowest BCUT2D eigenvalue weighted by Gasteiger charge is -2.14. The average Bonchev–Trinajstić information content (AvgIpc) is 2.36. The Labute approximate surface area is 119 Å². The number of rotatable bonds is 8. The largest absolute Gasteiger partial charge is 0.491 e. The first kappa shape index (κ1) is 16.2. The van der Waals surface area contributed by atoms with E-state index >= 15 is 0 Å². The van der Waals surface area contributed by atoms with Gasteiger partial charge in [-0.05, 0) is 50.6 Å². The van der Waals surface area contributed by atoms with Gasteiger partial charge in [-0.1, -0.05) is 11.6 Å². The van der Waals surface area contributed by atoms with E-state index in [0.717, 1.165) is 5.56 Å². The van der Waals surface area contributed by atoms with Crippen molar-refractivity contribution >= 4 is 11.6 Å². The number of aliphatic hydroxyl groups is 2. The van der Waals surface area contributed by atoms with E-state index in [1.54, 1.807) is 19.1 Å². The molecule has 0 saturated carbocycles. The van der Waals surface area contributed by atoms with Gasteiger partial charge in [0.15, 0.2) is 0 Å². The molecule has 1 rings (SSSR count). The lowest BCUT2D eigenvalue weighted by Crippen LogP contribution is -2.32. The maximum Gasteiger partial charge on any atom is 0.119 e. The van der Waals surface area contributed by atoms with Crippen molar-refractivity contribution in [3.63, 3.8) is 0 Å². The summed E-state index contributed by atoms with van der Waals surface area (Å²) in [6.45, 7) is 4.99. The van der Waals surface area contributed by atoms with Crippen molar-refractivity contribution < 1.29 is 14.9 Å². The molecule has 1 aromatic carbocycles. The summed E-state index contributed by atoms with van der Waals surface area (Å²) >= 11 is 5.92. The van der Waals surface area contributed by atoms with E-state index < -0.39 is 6.10 Å². The second-order valence-electron chi connectivity index (χ2n) is 4.72. The Hall–Kier alpha value is -0.810. The fraction of sp³-hybridized carbons (Fsp3) is 0.571. The molecule has 2 atom stereocenters. The predicted octanol–water partition coefficient (Wildman–Crippen LogP) is 1.75. The SMILES string of the molecule is Cc1cc(OCC(O)CNCCC(C)O)ccc1Cl. The molecule has 0 aromatic heterocycles. The summed E-state index contributed by atoms with van der Waals surface area (Å²) in [6, 6.07) is 5.40. The van der Waals surface area contributed by atoms with E-state index in [1.807, 2.05) is 13.0 Å². The summed E-state index contributed by atoms with van der Waals surface area (Å²) in [7, 11) is 0. The van der Waals surface area contributed by atoms with Crippen molar-refractivity contribution in [1.82, 2.24) is 5.32 Å². The third kappa shape index (κ3) is 6.78. The molecule has 108 valence electrons. The maximum absolute atomic E-state index is 9.72. The molecule has 1 aromatic rings. The van der Waals surface area contributed by atoms with Crippen LogP contribution in [0, 0.1) is 6.92 Å². The molecule has 19 heavy (non-hydrogen) atoms. The van der Waals surface area contributed by atoms with Gasteiger partial charge in [0.25, 0.3) is 0 Å². The third-order valence-corrected chi connectivity index (χ3v) is 3.11. The first-order valence-electron chi connectivity index (χ1n) is 6.45. The van der Waals surface area contributed by atoms with Crippen molar-refractivity contribution in [2.75, 3.05) is 19.7 Å². The third-order valence-electron chi connectivity index (χ3n) is 2.69. The van der Waals surface area contributed by atoms with Crippen LogP contribution in [0.25, 0.3) is 0 Å². The topological polar surface area (TPSA) is 61.7 Å². The highest BCUT2D eigenvalue weighted by Crippen LogP contribution is 2.20. The summed E-state index contributed by atoms with van der Waals surface area (Å²) in [4.78, 5) is 0. The summed E-state index contributed by atoms with van der Waals surface area (Å²) in [6.07, 6.45) is -0.229. The zero-order chi connectivity index (χ0) is 14.3. The van der Waals surface area contributed by atoms with Crippen molar-refractivity contribution in [3.05, 3.63) is 28.8 Å². The molecule has 0 saturated heterocycles. The van der Waals surface area contributed by atoms with Crippen molar-refractivity contribution in [1.29, 1.82) is 0 Å². The standard InChI is InChI=1S/C14H22ClNO3/c1-10-7-13(3-4-14(10)15)19-9-12(18)8-16-6-5-11(2)17/h3-4,7,11-12,16-18H,5-6,8-9H2,1-2H3. The molecule has 0 radical (unpaired) electrons. The lowest BCUT2D eigenvalue weighted by atomic mass is 10.2. The van der Waals surface area contributed by atoms with Crippen molar-refractivity contribution in [2.45, 2.75) is 32.5 Å². The van der Waals surface area contributed by atoms with Gasteiger partial charge < -0.3 is 20.3 Å². The summed E-state index contributed by atoms with van der Waals surface area (Å²) in [5, 5.41) is 22.6. The fourth-order valence-corrected chi connectivity index (χ4v) is 1.66. The van der Waals surface area contributed by atoms with Crippen LogP contribution in [0.1, 0.15) is 18.9 Å².